The average molecular weight is 305 g/mol. The Kier molecular flexibility index (Phi) is 3.04. The molecule has 1 saturated carbocycles. The molecule has 0 bridgehead atoms. The first kappa shape index (κ1) is 12.9. The van der Waals surface area contributed by atoms with Crippen molar-refractivity contribution in [2.45, 2.75) is 16.9 Å². The van der Waals surface area contributed by atoms with Crippen LogP contribution in [0.1, 0.15) is 12.1 Å². The molecule has 1 aromatic rings. The number of hydrogen-bond acceptors (Lipinski definition) is 3. The van der Waals surface area contributed by atoms with Gasteiger partial charge in [-0.15, -0.1) is 34.5 Å². The Morgan fingerprint density at radius 3 is 2.59 bits per heavy atom. The van der Waals surface area contributed by atoms with Gasteiger partial charge in [0, 0.05) is 5.38 Å². The van der Waals surface area contributed by atoms with Crippen LogP contribution in [0, 0.1) is 5.92 Å². The number of nitrogens with zero attached hydrogens (tertiary/aromatic N) is 1. The highest BCUT2D eigenvalue weighted by atomic mass is 35.5. The molecule has 94 valence electrons. The Morgan fingerprint density at radius 2 is 2.18 bits per heavy atom. The molecule has 2 rings (SSSR count). The minimum Gasteiger partial charge on any atom is -0.302 e. The highest BCUT2D eigenvalue weighted by Gasteiger charge is 2.56. The number of hydrogen-bond donors (Lipinski definition) is 1. The van der Waals surface area contributed by atoms with Gasteiger partial charge in [0.15, 0.2) is 10.8 Å². The maximum Gasteiger partial charge on any atom is 0.434 e. The SMILES string of the molecule is O=C(Nc1nc(C(F)(F)F)cs1)C1CC1(Cl)Cl. The summed E-state index contributed by atoms with van der Waals surface area (Å²) in [6.07, 6.45) is -4.22. The lowest BCUT2D eigenvalue weighted by atomic mass is 10.4. The molecule has 1 N–H and O–H groups in total. The van der Waals surface area contributed by atoms with Gasteiger partial charge in [-0.3, -0.25) is 4.79 Å². The van der Waals surface area contributed by atoms with Crippen LogP contribution in [-0.2, 0) is 11.0 Å². The standard InChI is InChI=1S/C8H5Cl2F3N2OS/c9-7(10)1-3(7)5(16)15-6-14-4(2-17-6)8(11,12)13/h2-3H,1H2,(H,14,15,16). The third-order valence-corrected chi connectivity index (χ3v) is 3.76. The van der Waals surface area contributed by atoms with E-state index in [-0.39, 0.29) is 5.13 Å². The van der Waals surface area contributed by atoms with Crippen molar-refractivity contribution in [1.82, 2.24) is 4.98 Å². The van der Waals surface area contributed by atoms with E-state index in [0.29, 0.717) is 17.8 Å². The molecule has 1 aromatic heterocycles. The van der Waals surface area contributed by atoms with E-state index in [2.05, 4.69) is 10.3 Å². The van der Waals surface area contributed by atoms with Gasteiger partial charge < -0.3 is 5.32 Å². The van der Waals surface area contributed by atoms with Gasteiger partial charge in [-0.1, -0.05) is 0 Å². The first-order valence-electron chi connectivity index (χ1n) is 4.41. The van der Waals surface area contributed by atoms with Crippen molar-refractivity contribution in [1.29, 1.82) is 0 Å². The van der Waals surface area contributed by atoms with E-state index in [1.807, 2.05) is 0 Å². The van der Waals surface area contributed by atoms with Gasteiger partial charge >= 0.3 is 6.18 Å². The number of carbonyl (C=O) groups excluding carboxylic acids is 1. The first-order chi connectivity index (χ1) is 7.70. The van der Waals surface area contributed by atoms with Crippen molar-refractivity contribution >= 4 is 45.6 Å². The highest BCUT2D eigenvalue weighted by molar-refractivity contribution is 7.13. The van der Waals surface area contributed by atoms with E-state index in [1.165, 1.54) is 0 Å². The Hall–Kier alpha value is -0.530. The fraction of sp³-hybridized carbons (Fsp3) is 0.500. The molecule has 1 aliphatic carbocycles. The van der Waals surface area contributed by atoms with Crippen molar-refractivity contribution < 1.29 is 18.0 Å². The quantitative estimate of drug-likeness (QED) is 0.852. The number of aromatic nitrogens is 1. The molecule has 1 fully saturated rings. The number of carbonyl (C=O) groups is 1. The predicted molar refractivity (Wildman–Crippen MR) is 58.3 cm³/mol. The van der Waals surface area contributed by atoms with Gasteiger partial charge in [-0.05, 0) is 6.42 Å². The van der Waals surface area contributed by atoms with Crippen LogP contribution in [0.2, 0.25) is 0 Å². The van der Waals surface area contributed by atoms with E-state index in [1.54, 1.807) is 0 Å². The van der Waals surface area contributed by atoms with Crippen molar-refractivity contribution in [3.05, 3.63) is 11.1 Å². The van der Waals surface area contributed by atoms with Crippen LogP contribution in [0.4, 0.5) is 18.3 Å². The molecule has 0 saturated heterocycles. The van der Waals surface area contributed by atoms with Crippen molar-refractivity contribution in [2.75, 3.05) is 5.32 Å². The Bertz CT molecular complexity index is 460. The summed E-state index contributed by atoms with van der Waals surface area (Å²) in [4.78, 5) is 14.7. The molecule has 0 aliphatic heterocycles. The summed E-state index contributed by atoms with van der Waals surface area (Å²) >= 11 is 12.0. The van der Waals surface area contributed by atoms with Gasteiger partial charge in [0.1, 0.15) is 4.33 Å². The molecule has 1 unspecified atom stereocenters. The lowest BCUT2D eigenvalue weighted by molar-refractivity contribution is -0.140. The number of amides is 1. The second kappa shape index (κ2) is 4.00. The molecule has 9 heteroatoms. The van der Waals surface area contributed by atoms with E-state index in [4.69, 9.17) is 23.2 Å². The van der Waals surface area contributed by atoms with Crippen LogP contribution in [0.15, 0.2) is 5.38 Å². The maximum atomic E-state index is 12.2. The van der Waals surface area contributed by atoms with E-state index in [9.17, 15) is 18.0 Å². The maximum absolute atomic E-state index is 12.2. The summed E-state index contributed by atoms with van der Waals surface area (Å²) in [6, 6.07) is 0. The molecule has 1 heterocycles. The number of rotatable bonds is 2. The fourth-order valence-electron chi connectivity index (χ4n) is 1.15. The highest BCUT2D eigenvalue weighted by Crippen LogP contribution is 2.53. The van der Waals surface area contributed by atoms with Crippen LogP contribution in [-0.4, -0.2) is 15.2 Å². The summed E-state index contributed by atoms with van der Waals surface area (Å²) in [6.45, 7) is 0. The molecule has 3 nitrogen and oxygen atoms in total. The van der Waals surface area contributed by atoms with E-state index >= 15 is 0 Å². The summed E-state index contributed by atoms with van der Waals surface area (Å²) in [5, 5.41) is 2.97. The summed E-state index contributed by atoms with van der Waals surface area (Å²) in [7, 11) is 0. The molecule has 1 atom stereocenters. The third kappa shape index (κ3) is 2.83. The van der Waals surface area contributed by atoms with Crippen LogP contribution in [0.3, 0.4) is 0 Å². The lowest BCUT2D eigenvalue weighted by Crippen LogP contribution is -2.17. The summed E-state index contributed by atoms with van der Waals surface area (Å²) in [5.74, 6) is -1.11. The van der Waals surface area contributed by atoms with Crippen molar-refractivity contribution in [2.24, 2.45) is 5.92 Å². The largest absolute Gasteiger partial charge is 0.434 e. The Balaban J connectivity index is 2.01. The second-order valence-electron chi connectivity index (χ2n) is 3.54. The minimum absolute atomic E-state index is 0.113. The van der Waals surface area contributed by atoms with Crippen LogP contribution >= 0.6 is 34.5 Å². The summed E-state index contributed by atoms with van der Waals surface area (Å²) < 4.78 is 35.6. The lowest BCUT2D eigenvalue weighted by Gasteiger charge is -2.02. The van der Waals surface area contributed by atoms with Crippen LogP contribution in [0.5, 0.6) is 0 Å². The first-order valence-corrected chi connectivity index (χ1v) is 6.05. The zero-order valence-corrected chi connectivity index (χ0v) is 10.3. The molecule has 0 spiro atoms. The van der Waals surface area contributed by atoms with Gasteiger partial charge in [0.25, 0.3) is 0 Å². The topological polar surface area (TPSA) is 42.0 Å². The third-order valence-electron chi connectivity index (χ3n) is 2.17. The minimum atomic E-state index is -4.51. The van der Waals surface area contributed by atoms with Gasteiger partial charge in [-0.2, -0.15) is 13.2 Å². The molecular weight excluding hydrogens is 300 g/mol. The van der Waals surface area contributed by atoms with Crippen LogP contribution in [0.25, 0.3) is 0 Å². The number of nitrogens with one attached hydrogen (secondary N) is 1. The zero-order chi connectivity index (χ0) is 12.8. The number of alkyl halides is 5. The van der Waals surface area contributed by atoms with Crippen molar-refractivity contribution in [3.63, 3.8) is 0 Å². The molecule has 1 aliphatic rings. The van der Waals surface area contributed by atoms with Gasteiger partial charge in [-0.25, -0.2) is 4.98 Å². The molecule has 17 heavy (non-hydrogen) atoms. The predicted octanol–water partition coefficient (Wildman–Crippen LogP) is 3.29. The smallest absolute Gasteiger partial charge is 0.302 e. The zero-order valence-electron chi connectivity index (χ0n) is 8.02. The van der Waals surface area contributed by atoms with E-state index in [0.717, 1.165) is 5.38 Å². The second-order valence-corrected chi connectivity index (χ2v) is 5.94. The Labute approximate surface area is 108 Å². The number of thiazole rings is 1. The van der Waals surface area contributed by atoms with Crippen LogP contribution < -0.4 is 5.32 Å². The Morgan fingerprint density at radius 1 is 1.59 bits per heavy atom. The van der Waals surface area contributed by atoms with E-state index < -0.39 is 28.0 Å². The average Bonchev–Trinajstić information content (AvgIpc) is 2.60. The van der Waals surface area contributed by atoms with Gasteiger partial charge in [0.05, 0.1) is 5.92 Å². The number of halogens is 5. The number of anilines is 1. The molecular formula is C8H5Cl2F3N2OS. The molecule has 1 amide bonds. The molecule has 0 aromatic carbocycles. The fourth-order valence-corrected chi connectivity index (χ4v) is 2.38. The van der Waals surface area contributed by atoms with Crippen molar-refractivity contribution in [3.8, 4) is 0 Å². The monoisotopic (exact) mass is 304 g/mol. The summed E-state index contributed by atoms with van der Waals surface area (Å²) in [5.41, 5.74) is -1.03. The molecule has 0 radical (unpaired) electrons. The normalized spacial score (nSPS) is 22.3. The van der Waals surface area contributed by atoms with Gasteiger partial charge in [0.2, 0.25) is 5.91 Å².